The van der Waals surface area contributed by atoms with E-state index >= 15 is 0 Å². The van der Waals surface area contributed by atoms with Crippen molar-refractivity contribution in [3.8, 4) is 5.75 Å². The number of ketones is 1. The predicted molar refractivity (Wildman–Crippen MR) is 131 cm³/mol. The van der Waals surface area contributed by atoms with E-state index in [0.29, 0.717) is 30.2 Å². The van der Waals surface area contributed by atoms with E-state index in [1.165, 1.54) is 0 Å². The Bertz CT molecular complexity index is 941. The number of carbonyl (C=O) groups excluding carboxylic acids is 2. The van der Waals surface area contributed by atoms with Crippen molar-refractivity contribution in [1.29, 1.82) is 0 Å². The smallest absolute Gasteiger partial charge is 0.272 e. The maximum atomic E-state index is 13.2. The molecule has 3 aliphatic heterocycles. The number of hydrogen-bond acceptors (Lipinski definition) is 8. The molecule has 186 valence electrons. The van der Waals surface area contributed by atoms with Crippen LogP contribution in [-0.4, -0.2) is 85.5 Å². The Labute approximate surface area is 202 Å². The number of nitrogens with one attached hydrogen (secondary N) is 3. The van der Waals surface area contributed by atoms with E-state index in [1.807, 2.05) is 32.2 Å². The molecule has 1 aromatic rings. The molecule has 9 heteroatoms. The van der Waals surface area contributed by atoms with Gasteiger partial charge in [-0.2, -0.15) is 0 Å². The van der Waals surface area contributed by atoms with E-state index in [-0.39, 0.29) is 17.7 Å². The summed E-state index contributed by atoms with van der Waals surface area (Å²) < 4.78 is 5.88. The zero-order chi connectivity index (χ0) is 24.2. The van der Waals surface area contributed by atoms with Crippen LogP contribution in [-0.2, 0) is 4.79 Å². The predicted octanol–water partition coefficient (Wildman–Crippen LogP) is 1.45. The third-order valence-electron chi connectivity index (χ3n) is 6.88. The van der Waals surface area contributed by atoms with Crippen molar-refractivity contribution in [2.24, 2.45) is 0 Å². The number of ether oxygens (including phenoxy) is 1. The fourth-order valence-electron chi connectivity index (χ4n) is 4.99. The zero-order valence-electron chi connectivity index (χ0n) is 20.8. The van der Waals surface area contributed by atoms with Gasteiger partial charge in [0.05, 0.1) is 24.9 Å². The maximum absolute atomic E-state index is 13.2. The molecule has 1 saturated heterocycles. The standard InChI is InChI=1S/C25H38N6O3/c1-5-8-19-22-23(29(4)28-19)25(33)27-24(26-22)18-15-17(9-10-21(18)34-7-3)20(32)16-31-13-11-30(6-2)12-14-31/h9-10,15,19,24,26,28H,5-8,11-14,16H2,1-4H3,(H,27,33). The third-order valence-corrected chi connectivity index (χ3v) is 6.88. The van der Waals surface area contributed by atoms with Crippen LogP contribution in [0.1, 0.15) is 55.7 Å². The van der Waals surface area contributed by atoms with Gasteiger partial charge in [-0.3, -0.25) is 14.5 Å². The van der Waals surface area contributed by atoms with Crippen molar-refractivity contribution in [3.63, 3.8) is 0 Å². The largest absolute Gasteiger partial charge is 0.493 e. The molecule has 1 amide bonds. The number of hydrogen-bond donors (Lipinski definition) is 3. The highest BCUT2D eigenvalue weighted by molar-refractivity contribution is 5.98. The molecule has 34 heavy (non-hydrogen) atoms. The second-order valence-electron chi connectivity index (χ2n) is 9.16. The SMILES string of the molecule is CCCC1NN(C)C2=C1NC(c1cc(C(=O)CN3CCN(CC)CC3)ccc1OCC)NC2=O. The Morgan fingerprint density at radius 1 is 1.09 bits per heavy atom. The number of piperazine rings is 1. The van der Waals surface area contributed by atoms with Gasteiger partial charge in [0, 0.05) is 44.4 Å². The normalized spacial score (nSPS) is 23.5. The molecule has 0 aromatic heterocycles. The summed E-state index contributed by atoms with van der Waals surface area (Å²) in [7, 11) is 1.86. The zero-order valence-corrected chi connectivity index (χ0v) is 20.8. The molecule has 2 unspecified atom stereocenters. The fraction of sp³-hybridized carbons (Fsp3) is 0.600. The molecule has 0 bridgehead atoms. The number of carbonyl (C=O) groups is 2. The lowest BCUT2D eigenvalue weighted by molar-refractivity contribution is -0.120. The lowest BCUT2D eigenvalue weighted by Crippen LogP contribution is -2.47. The van der Waals surface area contributed by atoms with Gasteiger partial charge in [-0.05, 0) is 38.1 Å². The van der Waals surface area contributed by atoms with Crippen LogP contribution in [0.15, 0.2) is 29.6 Å². The van der Waals surface area contributed by atoms with Crippen molar-refractivity contribution in [1.82, 2.24) is 30.9 Å². The fourth-order valence-corrected chi connectivity index (χ4v) is 4.99. The van der Waals surface area contributed by atoms with Crippen molar-refractivity contribution in [2.45, 2.75) is 45.8 Å². The number of Topliss-reactive ketones (excluding diaryl/α,β-unsaturated/α-hetero) is 1. The molecular weight excluding hydrogens is 432 g/mol. The second-order valence-corrected chi connectivity index (χ2v) is 9.16. The molecule has 0 radical (unpaired) electrons. The Hall–Kier alpha value is -2.62. The monoisotopic (exact) mass is 470 g/mol. The summed E-state index contributed by atoms with van der Waals surface area (Å²) in [6.07, 6.45) is 1.44. The summed E-state index contributed by atoms with van der Waals surface area (Å²) in [5.74, 6) is 0.617. The average Bonchev–Trinajstić information content (AvgIpc) is 3.15. The highest BCUT2D eigenvalue weighted by Gasteiger charge is 2.39. The van der Waals surface area contributed by atoms with Gasteiger partial charge >= 0.3 is 0 Å². The molecule has 0 saturated carbocycles. The van der Waals surface area contributed by atoms with Gasteiger partial charge in [0.25, 0.3) is 5.91 Å². The molecule has 1 fully saturated rings. The molecule has 3 heterocycles. The summed E-state index contributed by atoms with van der Waals surface area (Å²) >= 11 is 0. The highest BCUT2D eigenvalue weighted by Crippen LogP contribution is 2.32. The minimum atomic E-state index is -0.471. The summed E-state index contributed by atoms with van der Waals surface area (Å²) in [6.45, 7) is 12.0. The first-order valence-corrected chi connectivity index (χ1v) is 12.5. The third kappa shape index (κ3) is 5.06. The van der Waals surface area contributed by atoms with Crippen molar-refractivity contribution in [2.75, 3.05) is 52.9 Å². The minimum Gasteiger partial charge on any atom is -0.493 e. The molecule has 3 aliphatic rings. The highest BCUT2D eigenvalue weighted by atomic mass is 16.5. The van der Waals surface area contributed by atoms with Crippen LogP contribution in [0.2, 0.25) is 0 Å². The summed E-state index contributed by atoms with van der Waals surface area (Å²) in [5.41, 5.74) is 6.28. The molecule has 3 N–H and O–H groups in total. The molecule has 1 aromatic carbocycles. The molecule has 0 aliphatic carbocycles. The van der Waals surface area contributed by atoms with E-state index in [2.05, 4.69) is 39.7 Å². The van der Waals surface area contributed by atoms with Crippen LogP contribution in [0.3, 0.4) is 0 Å². The van der Waals surface area contributed by atoms with Crippen molar-refractivity contribution < 1.29 is 14.3 Å². The van der Waals surface area contributed by atoms with E-state index < -0.39 is 6.17 Å². The van der Waals surface area contributed by atoms with Gasteiger partial charge in [-0.25, -0.2) is 5.43 Å². The first-order chi connectivity index (χ1) is 16.4. The van der Waals surface area contributed by atoms with E-state index in [4.69, 9.17) is 4.74 Å². The second kappa shape index (κ2) is 10.8. The number of rotatable bonds is 9. The van der Waals surface area contributed by atoms with E-state index in [1.54, 1.807) is 5.01 Å². The number of benzene rings is 1. The summed E-state index contributed by atoms with van der Waals surface area (Å²) in [4.78, 5) is 30.8. The maximum Gasteiger partial charge on any atom is 0.272 e. The van der Waals surface area contributed by atoms with Gasteiger partial charge in [0.15, 0.2) is 5.78 Å². The number of likely N-dealkylation sites (N-methyl/N-ethyl adjacent to an activating group) is 2. The first kappa shape index (κ1) is 24.5. The van der Waals surface area contributed by atoms with Crippen molar-refractivity contribution >= 4 is 11.7 Å². The quantitative estimate of drug-likeness (QED) is 0.468. The first-order valence-electron chi connectivity index (χ1n) is 12.5. The lowest BCUT2D eigenvalue weighted by atomic mass is 10.0. The molecule has 0 spiro atoms. The molecular formula is C25H38N6O3. The van der Waals surface area contributed by atoms with Crippen LogP contribution in [0, 0.1) is 0 Å². The Balaban J connectivity index is 1.55. The molecule has 4 rings (SSSR count). The van der Waals surface area contributed by atoms with Crippen molar-refractivity contribution in [3.05, 3.63) is 40.7 Å². The average molecular weight is 471 g/mol. The Morgan fingerprint density at radius 2 is 1.82 bits per heavy atom. The van der Waals surface area contributed by atoms with Crippen LogP contribution in [0.5, 0.6) is 5.75 Å². The van der Waals surface area contributed by atoms with Gasteiger partial charge in [0.1, 0.15) is 17.6 Å². The van der Waals surface area contributed by atoms with Crippen LogP contribution in [0.25, 0.3) is 0 Å². The molecule has 2 atom stereocenters. The lowest BCUT2D eigenvalue weighted by Gasteiger charge is -2.33. The van der Waals surface area contributed by atoms with Gasteiger partial charge < -0.3 is 25.3 Å². The van der Waals surface area contributed by atoms with Gasteiger partial charge in [0.2, 0.25) is 0 Å². The van der Waals surface area contributed by atoms with Crippen LogP contribution >= 0.6 is 0 Å². The number of amides is 1. The van der Waals surface area contributed by atoms with E-state index in [9.17, 15) is 9.59 Å². The number of hydrazine groups is 1. The van der Waals surface area contributed by atoms with Gasteiger partial charge in [-0.15, -0.1) is 0 Å². The van der Waals surface area contributed by atoms with Crippen LogP contribution < -0.4 is 20.8 Å². The molecule has 9 nitrogen and oxygen atoms in total. The summed E-state index contributed by atoms with van der Waals surface area (Å²) in [6, 6.07) is 5.61. The summed E-state index contributed by atoms with van der Waals surface area (Å²) in [5, 5.41) is 8.37. The van der Waals surface area contributed by atoms with Crippen LogP contribution in [0.4, 0.5) is 0 Å². The topological polar surface area (TPSA) is 89.2 Å². The van der Waals surface area contributed by atoms with Gasteiger partial charge in [-0.1, -0.05) is 20.3 Å². The Morgan fingerprint density at radius 3 is 2.50 bits per heavy atom. The Kier molecular flexibility index (Phi) is 7.75. The minimum absolute atomic E-state index is 0.0562. The number of nitrogens with zero attached hydrogens (tertiary/aromatic N) is 3. The van der Waals surface area contributed by atoms with E-state index in [0.717, 1.165) is 56.8 Å².